The first kappa shape index (κ1) is 16.5. The second-order valence-electron chi connectivity index (χ2n) is 5.47. The molecule has 0 saturated carbocycles. The highest BCUT2D eigenvalue weighted by Gasteiger charge is 2.25. The number of fused-ring (bicyclic) bond motifs is 1. The molecule has 1 aromatic carbocycles. The molecule has 0 unspecified atom stereocenters. The Morgan fingerprint density at radius 1 is 1.25 bits per heavy atom. The lowest BCUT2D eigenvalue weighted by Crippen LogP contribution is -2.14. The number of rotatable bonds is 3. The predicted molar refractivity (Wildman–Crippen MR) is 91.9 cm³/mol. The molecule has 0 aliphatic heterocycles. The van der Waals surface area contributed by atoms with Crippen molar-refractivity contribution < 1.29 is 13.5 Å². The molecule has 2 heterocycles. The summed E-state index contributed by atoms with van der Waals surface area (Å²) in [5, 5.41) is 14.4. The fourth-order valence-corrected chi connectivity index (χ4v) is 4.26. The third-order valence-electron chi connectivity index (χ3n) is 3.60. The maximum absolute atomic E-state index is 12.6. The second-order valence-corrected chi connectivity index (χ2v) is 7.45. The van der Waals surface area contributed by atoms with E-state index < -0.39 is 10.0 Å². The molecule has 0 fully saturated rings. The fraction of sp³-hybridized carbons (Fsp3) is 0.200. The van der Waals surface area contributed by atoms with Gasteiger partial charge in [0.15, 0.2) is 0 Å². The average Bonchev–Trinajstić information content (AvgIpc) is 2.73. The largest absolute Gasteiger partial charge is 0.493 e. The number of hydrogen-bond acceptors (Lipinski definition) is 5. The van der Waals surface area contributed by atoms with E-state index in [1.807, 2.05) is 0 Å². The van der Waals surface area contributed by atoms with E-state index in [0.717, 1.165) is 0 Å². The molecule has 3 rings (SSSR count). The Morgan fingerprint density at radius 2 is 1.96 bits per heavy atom. The predicted octanol–water partition coefficient (Wildman–Crippen LogP) is 2.74. The lowest BCUT2D eigenvalue weighted by molar-refractivity contribution is 0.451. The van der Waals surface area contributed by atoms with Crippen molar-refractivity contribution in [1.82, 2.24) is 14.8 Å². The van der Waals surface area contributed by atoms with Gasteiger partial charge in [-0.25, -0.2) is 13.4 Å². The van der Waals surface area contributed by atoms with Crippen molar-refractivity contribution in [1.29, 1.82) is 0 Å². The molecule has 0 amide bonds. The first-order chi connectivity index (χ1) is 11.2. The topological polar surface area (TPSA) is 97.1 Å². The summed E-state index contributed by atoms with van der Waals surface area (Å²) in [6.07, 6.45) is 0. The van der Waals surface area contributed by atoms with Gasteiger partial charge in [-0.1, -0.05) is 11.6 Å². The molecule has 0 radical (unpaired) electrons. The summed E-state index contributed by atoms with van der Waals surface area (Å²) in [5.74, 6) is -0.0476. The molecule has 0 spiro atoms. The number of aromatic hydroxyl groups is 1. The molecule has 24 heavy (non-hydrogen) atoms. The normalized spacial score (nSPS) is 11.8. The molecule has 9 heteroatoms. The van der Waals surface area contributed by atoms with Crippen LogP contribution in [0.15, 0.2) is 29.2 Å². The van der Waals surface area contributed by atoms with Gasteiger partial charge in [-0.3, -0.25) is 9.40 Å². The van der Waals surface area contributed by atoms with Gasteiger partial charge < -0.3 is 5.11 Å². The van der Waals surface area contributed by atoms with Crippen molar-refractivity contribution in [3.8, 4) is 5.88 Å². The molecule has 0 saturated heterocycles. The van der Waals surface area contributed by atoms with E-state index >= 15 is 0 Å². The van der Waals surface area contributed by atoms with Gasteiger partial charge in [-0.15, -0.1) is 0 Å². The van der Waals surface area contributed by atoms with Crippen LogP contribution in [0.5, 0.6) is 5.88 Å². The molecular formula is C15H15ClN4O3S. The quantitative estimate of drug-likeness (QED) is 0.742. The lowest BCUT2D eigenvalue weighted by atomic mass is 10.1. The van der Waals surface area contributed by atoms with Crippen LogP contribution < -0.4 is 4.72 Å². The Bertz CT molecular complexity index is 1060. The smallest absolute Gasteiger partial charge is 0.266 e. The highest BCUT2D eigenvalue weighted by Crippen LogP contribution is 2.28. The minimum atomic E-state index is -3.88. The number of pyridine rings is 1. The number of halogens is 1. The Hall–Kier alpha value is -2.32. The number of hydrogen-bond donors (Lipinski definition) is 2. The van der Waals surface area contributed by atoms with Crippen molar-refractivity contribution in [3.05, 3.63) is 40.7 Å². The van der Waals surface area contributed by atoms with E-state index in [2.05, 4.69) is 14.8 Å². The molecule has 0 aliphatic carbocycles. The third kappa shape index (κ3) is 2.78. The molecule has 2 N–H and O–H groups in total. The Morgan fingerprint density at radius 3 is 2.58 bits per heavy atom. The highest BCUT2D eigenvalue weighted by molar-refractivity contribution is 7.92. The van der Waals surface area contributed by atoms with E-state index in [0.29, 0.717) is 27.8 Å². The first-order valence-electron chi connectivity index (χ1n) is 7.01. The molecule has 3 aromatic rings. The standard InChI is InChI=1S/C15H15ClN4O3S/c1-8-6-10-7-11(4-5-12(10)17-15(8)21)19-24(22,23)13-9(2)18-20(3)14(13)16/h4-7,19H,1-3H3,(H,17,21). The number of anilines is 1. The zero-order valence-electron chi connectivity index (χ0n) is 13.2. The van der Waals surface area contributed by atoms with Crippen LogP contribution in [0.3, 0.4) is 0 Å². The maximum Gasteiger partial charge on any atom is 0.266 e. The number of benzene rings is 1. The minimum absolute atomic E-state index is 0.0447. The van der Waals surface area contributed by atoms with E-state index in [1.165, 1.54) is 4.68 Å². The fourth-order valence-electron chi connectivity index (χ4n) is 2.46. The van der Waals surface area contributed by atoms with E-state index in [-0.39, 0.29) is 15.9 Å². The number of aromatic nitrogens is 3. The van der Waals surface area contributed by atoms with Gasteiger partial charge in [0.1, 0.15) is 10.0 Å². The van der Waals surface area contributed by atoms with Gasteiger partial charge in [-0.05, 0) is 38.1 Å². The zero-order chi connectivity index (χ0) is 17.6. The number of sulfonamides is 1. The maximum atomic E-state index is 12.6. The third-order valence-corrected chi connectivity index (χ3v) is 5.68. The molecule has 7 nitrogen and oxygen atoms in total. The van der Waals surface area contributed by atoms with Crippen LogP contribution in [0, 0.1) is 13.8 Å². The Kier molecular flexibility index (Phi) is 3.89. The van der Waals surface area contributed by atoms with Crippen molar-refractivity contribution in [2.24, 2.45) is 7.05 Å². The summed E-state index contributed by atoms with van der Waals surface area (Å²) < 4.78 is 29.0. The monoisotopic (exact) mass is 366 g/mol. The molecule has 0 atom stereocenters. The molecule has 0 bridgehead atoms. The van der Waals surface area contributed by atoms with Crippen LogP contribution in [-0.2, 0) is 17.1 Å². The van der Waals surface area contributed by atoms with Gasteiger partial charge in [-0.2, -0.15) is 5.10 Å². The summed E-state index contributed by atoms with van der Waals surface area (Å²) in [4.78, 5) is 4.00. The molecule has 0 aliphatic rings. The van der Waals surface area contributed by atoms with Crippen LogP contribution >= 0.6 is 11.6 Å². The Balaban J connectivity index is 2.04. The van der Waals surface area contributed by atoms with Crippen molar-refractivity contribution in [2.45, 2.75) is 18.7 Å². The van der Waals surface area contributed by atoms with E-state index in [1.54, 1.807) is 45.2 Å². The van der Waals surface area contributed by atoms with E-state index in [4.69, 9.17) is 11.6 Å². The summed E-state index contributed by atoms with van der Waals surface area (Å²) in [7, 11) is -2.30. The zero-order valence-corrected chi connectivity index (χ0v) is 14.8. The minimum Gasteiger partial charge on any atom is -0.493 e. The summed E-state index contributed by atoms with van der Waals surface area (Å²) in [6, 6.07) is 6.58. The van der Waals surface area contributed by atoms with Gasteiger partial charge >= 0.3 is 0 Å². The molecular weight excluding hydrogens is 352 g/mol. The molecule has 2 aromatic heterocycles. The summed E-state index contributed by atoms with van der Waals surface area (Å²) >= 11 is 6.04. The number of nitrogens with one attached hydrogen (secondary N) is 1. The van der Waals surface area contributed by atoms with Crippen LogP contribution in [0.4, 0.5) is 5.69 Å². The van der Waals surface area contributed by atoms with Crippen LogP contribution in [0.25, 0.3) is 10.9 Å². The summed E-state index contributed by atoms with van der Waals surface area (Å²) in [5.41, 5.74) is 1.86. The SMILES string of the molecule is Cc1cc2cc(NS(=O)(=O)c3c(C)nn(C)c3Cl)ccc2nc1O. The van der Waals surface area contributed by atoms with Crippen LogP contribution in [0.1, 0.15) is 11.3 Å². The van der Waals surface area contributed by atoms with Gasteiger partial charge in [0.25, 0.3) is 10.0 Å². The van der Waals surface area contributed by atoms with Crippen molar-refractivity contribution in [2.75, 3.05) is 4.72 Å². The number of nitrogens with zero attached hydrogens (tertiary/aromatic N) is 3. The molecule has 126 valence electrons. The average molecular weight is 367 g/mol. The van der Waals surface area contributed by atoms with Gasteiger partial charge in [0, 0.05) is 23.7 Å². The second kappa shape index (κ2) is 5.64. The highest BCUT2D eigenvalue weighted by atomic mass is 35.5. The van der Waals surface area contributed by atoms with E-state index in [9.17, 15) is 13.5 Å². The number of aryl methyl sites for hydroxylation is 3. The Labute approximate surface area is 144 Å². The van der Waals surface area contributed by atoms with Crippen LogP contribution in [-0.4, -0.2) is 28.3 Å². The van der Waals surface area contributed by atoms with Crippen LogP contribution in [0.2, 0.25) is 5.15 Å². The van der Waals surface area contributed by atoms with Crippen molar-refractivity contribution >= 4 is 38.2 Å². The van der Waals surface area contributed by atoms with Crippen molar-refractivity contribution in [3.63, 3.8) is 0 Å². The summed E-state index contributed by atoms with van der Waals surface area (Å²) in [6.45, 7) is 3.30. The van der Waals surface area contributed by atoms with Gasteiger partial charge in [0.2, 0.25) is 5.88 Å². The first-order valence-corrected chi connectivity index (χ1v) is 8.87. The lowest BCUT2D eigenvalue weighted by Gasteiger charge is -2.09. The van der Waals surface area contributed by atoms with Gasteiger partial charge in [0.05, 0.1) is 11.2 Å².